The summed E-state index contributed by atoms with van der Waals surface area (Å²) in [5, 5.41) is 0. The van der Waals surface area contributed by atoms with E-state index >= 15 is 0 Å². The lowest BCUT2D eigenvalue weighted by molar-refractivity contribution is 0.103. The van der Waals surface area contributed by atoms with Crippen molar-refractivity contribution < 1.29 is 4.79 Å². The van der Waals surface area contributed by atoms with E-state index in [0.29, 0.717) is 5.69 Å². The molecule has 1 aromatic carbocycles. The highest BCUT2D eigenvalue weighted by Gasteiger charge is 2.31. The van der Waals surface area contributed by atoms with Crippen molar-refractivity contribution in [2.45, 2.75) is 0 Å². The highest BCUT2D eigenvalue weighted by atomic mass is 16.1. The Morgan fingerprint density at radius 1 is 0.941 bits per heavy atom. The molecule has 0 bridgehead atoms. The molecule has 0 saturated heterocycles. The highest BCUT2D eigenvalue weighted by molar-refractivity contribution is 6.20. The molecule has 0 unspecified atom stereocenters. The van der Waals surface area contributed by atoms with E-state index in [1.54, 1.807) is 0 Å². The van der Waals surface area contributed by atoms with Gasteiger partial charge in [-0.05, 0) is 12.1 Å². The molecule has 0 N–H and O–H groups in total. The molecule has 0 amide bonds. The first-order valence-corrected chi connectivity index (χ1v) is 5.47. The van der Waals surface area contributed by atoms with Crippen LogP contribution in [0.4, 0.5) is 0 Å². The number of aromatic nitrogens is 2. The summed E-state index contributed by atoms with van der Waals surface area (Å²) in [6, 6.07) is 13.4. The van der Waals surface area contributed by atoms with Crippen molar-refractivity contribution in [1.29, 1.82) is 0 Å². The third-order valence-corrected chi connectivity index (χ3v) is 3.17. The van der Waals surface area contributed by atoms with Gasteiger partial charge in [0.25, 0.3) is 0 Å². The third kappa shape index (κ3) is 0.959. The molecule has 0 aliphatic heterocycles. The van der Waals surface area contributed by atoms with Gasteiger partial charge in [-0.15, -0.1) is 0 Å². The predicted octanol–water partition coefficient (Wildman–Crippen LogP) is 2.55. The fourth-order valence-electron chi connectivity index (χ4n) is 2.42. The van der Waals surface area contributed by atoms with Gasteiger partial charge in [-0.2, -0.15) is 0 Å². The van der Waals surface area contributed by atoms with Crippen molar-refractivity contribution >= 4 is 11.4 Å². The van der Waals surface area contributed by atoms with Crippen LogP contribution in [0.3, 0.4) is 0 Å². The number of fused-ring (bicyclic) bond motifs is 5. The standard InChI is InChI=1S/C14H8N2O/c17-14-10-6-2-1-5-9(10)12-13(14)16-8-4-3-7-11(16)15-12/h1-8H. The molecule has 3 heteroatoms. The second kappa shape index (κ2) is 2.83. The van der Waals surface area contributed by atoms with E-state index in [4.69, 9.17) is 0 Å². The summed E-state index contributed by atoms with van der Waals surface area (Å²) < 4.78 is 1.86. The molecular formula is C14H8N2O. The second-order valence-electron chi connectivity index (χ2n) is 4.11. The number of carbonyl (C=O) groups excluding carboxylic acids is 1. The van der Waals surface area contributed by atoms with Crippen LogP contribution in [0.1, 0.15) is 16.1 Å². The summed E-state index contributed by atoms with van der Waals surface area (Å²) in [5.74, 6) is 0.0642. The van der Waals surface area contributed by atoms with Gasteiger partial charge in [0.15, 0.2) is 0 Å². The van der Waals surface area contributed by atoms with Gasteiger partial charge in [0.1, 0.15) is 17.0 Å². The van der Waals surface area contributed by atoms with Gasteiger partial charge in [0.05, 0.1) is 0 Å². The molecule has 4 rings (SSSR count). The van der Waals surface area contributed by atoms with Crippen LogP contribution in [0.2, 0.25) is 0 Å². The maximum Gasteiger partial charge on any atom is 0.212 e. The minimum atomic E-state index is 0.0642. The third-order valence-electron chi connectivity index (χ3n) is 3.17. The van der Waals surface area contributed by atoms with Crippen LogP contribution >= 0.6 is 0 Å². The smallest absolute Gasteiger partial charge is 0.212 e. The lowest BCUT2D eigenvalue weighted by atomic mass is 10.1. The normalized spacial score (nSPS) is 12.8. The van der Waals surface area contributed by atoms with Gasteiger partial charge in [0.2, 0.25) is 5.78 Å². The van der Waals surface area contributed by atoms with Crippen LogP contribution in [0.15, 0.2) is 48.7 Å². The molecule has 0 fully saturated rings. The summed E-state index contributed by atoms with van der Waals surface area (Å²) in [5.41, 5.74) is 4.00. The Hall–Kier alpha value is -2.42. The summed E-state index contributed by atoms with van der Waals surface area (Å²) in [6.45, 7) is 0. The maximum absolute atomic E-state index is 12.3. The van der Waals surface area contributed by atoms with Crippen LogP contribution in [0.5, 0.6) is 0 Å². The molecular weight excluding hydrogens is 212 g/mol. The Kier molecular flexibility index (Phi) is 1.45. The Morgan fingerprint density at radius 3 is 2.59 bits per heavy atom. The summed E-state index contributed by atoms with van der Waals surface area (Å²) >= 11 is 0. The van der Waals surface area contributed by atoms with E-state index in [1.807, 2.05) is 53.1 Å². The first kappa shape index (κ1) is 8.70. The van der Waals surface area contributed by atoms with Crippen molar-refractivity contribution in [3.05, 3.63) is 59.9 Å². The molecule has 1 aliphatic carbocycles. The van der Waals surface area contributed by atoms with Crippen LogP contribution in [0.25, 0.3) is 16.9 Å². The van der Waals surface area contributed by atoms with E-state index in [0.717, 1.165) is 22.5 Å². The number of benzene rings is 1. The lowest BCUT2D eigenvalue weighted by Crippen LogP contribution is -2.00. The fourth-order valence-corrected chi connectivity index (χ4v) is 2.42. The zero-order chi connectivity index (χ0) is 11.4. The van der Waals surface area contributed by atoms with E-state index in [2.05, 4.69) is 4.98 Å². The monoisotopic (exact) mass is 220 g/mol. The lowest BCUT2D eigenvalue weighted by Gasteiger charge is -1.97. The molecule has 80 valence electrons. The number of nitrogens with zero attached hydrogens (tertiary/aromatic N) is 2. The van der Waals surface area contributed by atoms with E-state index in [-0.39, 0.29) is 5.78 Å². The maximum atomic E-state index is 12.3. The molecule has 2 heterocycles. The van der Waals surface area contributed by atoms with Crippen molar-refractivity contribution in [3.8, 4) is 11.3 Å². The van der Waals surface area contributed by atoms with Crippen LogP contribution in [-0.2, 0) is 0 Å². The van der Waals surface area contributed by atoms with Gasteiger partial charge in [-0.3, -0.25) is 9.20 Å². The van der Waals surface area contributed by atoms with Crippen LogP contribution < -0.4 is 0 Å². The number of pyridine rings is 1. The number of hydrogen-bond donors (Lipinski definition) is 0. The van der Waals surface area contributed by atoms with Crippen LogP contribution in [-0.4, -0.2) is 15.2 Å². The first-order chi connectivity index (χ1) is 8.36. The number of imidazole rings is 1. The van der Waals surface area contributed by atoms with Crippen molar-refractivity contribution in [3.63, 3.8) is 0 Å². The largest absolute Gasteiger partial charge is 0.296 e. The molecule has 2 aromatic heterocycles. The Labute approximate surface area is 97.3 Å². The molecule has 0 spiro atoms. The number of hydrogen-bond acceptors (Lipinski definition) is 2. The average Bonchev–Trinajstić information content (AvgIpc) is 2.88. The highest BCUT2D eigenvalue weighted by Crippen LogP contribution is 2.35. The van der Waals surface area contributed by atoms with Crippen molar-refractivity contribution in [2.75, 3.05) is 0 Å². The number of carbonyl (C=O) groups is 1. The molecule has 1 aliphatic rings. The van der Waals surface area contributed by atoms with Gasteiger partial charge in [-0.25, -0.2) is 4.98 Å². The molecule has 17 heavy (non-hydrogen) atoms. The molecule has 3 aromatic rings. The zero-order valence-electron chi connectivity index (χ0n) is 8.92. The minimum absolute atomic E-state index is 0.0642. The van der Waals surface area contributed by atoms with Crippen LogP contribution in [0, 0.1) is 0 Å². The van der Waals surface area contributed by atoms with Gasteiger partial charge in [-0.1, -0.05) is 30.3 Å². The zero-order valence-corrected chi connectivity index (χ0v) is 8.92. The van der Waals surface area contributed by atoms with E-state index < -0.39 is 0 Å². The number of rotatable bonds is 0. The van der Waals surface area contributed by atoms with Gasteiger partial charge < -0.3 is 0 Å². The molecule has 0 radical (unpaired) electrons. The summed E-state index contributed by atoms with van der Waals surface area (Å²) in [7, 11) is 0. The quantitative estimate of drug-likeness (QED) is 0.456. The molecule has 0 atom stereocenters. The topological polar surface area (TPSA) is 34.4 Å². The van der Waals surface area contributed by atoms with Crippen molar-refractivity contribution in [2.24, 2.45) is 0 Å². The molecule has 0 saturated carbocycles. The molecule has 3 nitrogen and oxygen atoms in total. The Morgan fingerprint density at radius 2 is 1.71 bits per heavy atom. The average molecular weight is 220 g/mol. The Bertz CT molecular complexity index is 771. The summed E-state index contributed by atoms with van der Waals surface area (Å²) in [6.07, 6.45) is 1.88. The Balaban J connectivity index is 2.19. The van der Waals surface area contributed by atoms with Crippen molar-refractivity contribution in [1.82, 2.24) is 9.38 Å². The first-order valence-electron chi connectivity index (χ1n) is 5.47. The SMILES string of the molecule is O=C1c2ccccc2-c2nc3ccccn3c21. The fraction of sp³-hybridized carbons (Fsp3) is 0. The van der Waals surface area contributed by atoms with Gasteiger partial charge in [0, 0.05) is 17.3 Å². The predicted molar refractivity (Wildman–Crippen MR) is 64.1 cm³/mol. The minimum Gasteiger partial charge on any atom is -0.296 e. The second-order valence-corrected chi connectivity index (χ2v) is 4.11. The summed E-state index contributed by atoms with van der Waals surface area (Å²) in [4.78, 5) is 16.8. The van der Waals surface area contributed by atoms with Gasteiger partial charge >= 0.3 is 0 Å². The van der Waals surface area contributed by atoms with E-state index in [1.165, 1.54) is 0 Å². The van der Waals surface area contributed by atoms with E-state index in [9.17, 15) is 4.79 Å². The number of ketones is 1.